The maximum atomic E-state index is 11.2. The summed E-state index contributed by atoms with van der Waals surface area (Å²) in [5, 5.41) is 0. The lowest BCUT2D eigenvalue weighted by molar-refractivity contribution is -0.122. The van der Waals surface area contributed by atoms with E-state index in [1.54, 1.807) is 0 Å². The highest BCUT2D eigenvalue weighted by atomic mass is 16.1. The summed E-state index contributed by atoms with van der Waals surface area (Å²) in [6.45, 7) is 6.24. The van der Waals surface area contributed by atoms with E-state index in [1.807, 2.05) is 6.92 Å². The summed E-state index contributed by atoms with van der Waals surface area (Å²) in [7, 11) is 0. The maximum Gasteiger partial charge on any atom is 0.220 e. The van der Waals surface area contributed by atoms with Crippen LogP contribution in [-0.4, -0.2) is 5.91 Å². The summed E-state index contributed by atoms with van der Waals surface area (Å²) < 4.78 is 0. The maximum absolute atomic E-state index is 11.2. The Balaban J connectivity index is 2.67. The molecule has 16 heavy (non-hydrogen) atoms. The Bertz CT molecular complexity index is 342. The van der Waals surface area contributed by atoms with Crippen molar-refractivity contribution in [3.63, 3.8) is 0 Å². The monoisotopic (exact) mass is 219 g/mol. The van der Waals surface area contributed by atoms with Crippen LogP contribution in [0.2, 0.25) is 0 Å². The lowest BCUT2D eigenvalue weighted by Gasteiger charge is -2.17. The molecule has 0 spiro atoms. The highest BCUT2D eigenvalue weighted by Gasteiger charge is 2.17. The van der Waals surface area contributed by atoms with E-state index in [0.717, 1.165) is 12.8 Å². The van der Waals surface area contributed by atoms with Gasteiger partial charge in [0.1, 0.15) is 0 Å². The molecule has 1 aromatic carbocycles. The molecule has 0 heterocycles. The number of carbonyl (C=O) groups excluding carboxylic acids is 1. The Morgan fingerprint density at radius 2 is 1.88 bits per heavy atom. The molecule has 2 heteroatoms. The van der Waals surface area contributed by atoms with Crippen LogP contribution >= 0.6 is 0 Å². The van der Waals surface area contributed by atoms with Crippen LogP contribution in [0, 0.1) is 12.8 Å². The first kappa shape index (κ1) is 12.8. The molecule has 0 aliphatic heterocycles. The molecule has 0 fully saturated rings. The Morgan fingerprint density at radius 3 is 2.31 bits per heavy atom. The van der Waals surface area contributed by atoms with Crippen molar-refractivity contribution in [2.75, 3.05) is 0 Å². The molecule has 0 radical (unpaired) electrons. The molecule has 0 aliphatic carbocycles. The second kappa shape index (κ2) is 5.69. The van der Waals surface area contributed by atoms with Gasteiger partial charge < -0.3 is 5.73 Å². The molecule has 0 bridgehead atoms. The average molecular weight is 219 g/mol. The number of hydrogen-bond acceptors (Lipinski definition) is 1. The van der Waals surface area contributed by atoms with E-state index < -0.39 is 0 Å². The molecule has 2 nitrogen and oxygen atoms in total. The van der Waals surface area contributed by atoms with E-state index in [0.29, 0.717) is 5.92 Å². The third kappa shape index (κ3) is 3.37. The fourth-order valence-corrected chi connectivity index (χ4v) is 1.94. The molecule has 1 amide bonds. The highest BCUT2D eigenvalue weighted by molar-refractivity contribution is 5.76. The van der Waals surface area contributed by atoms with Gasteiger partial charge in [0.15, 0.2) is 0 Å². The van der Waals surface area contributed by atoms with Gasteiger partial charge in [0.25, 0.3) is 0 Å². The van der Waals surface area contributed by atoms with Crippen LogP contribution < -0.4 is 5.73 Å². The minimum absolute atomic E-state index is 0.00342. The first-order valence-corrected chi connectivity index (χ1v) is 5.90. The quantitative estimate of drug-likeness (QED) is 0.812. The van der Waals surface area contributed by atoms with E-state index in [2.05, 4.69) is 38.1 Å². The van der Waals surface area contributed by atoms with E-state index in [-0.39, 0.29) is 11.8 Å². The van der Waals surface area contributed by atoms with Crippen molar-refractivity contribution in [1.29, 1.82) is 0 Å². The minimum Gasteiger partial charge on any atom is -0.369 e. The van der Waals surface area contributed by atoms with Crippen molar-refractivity contribution in [3.8, 4) is 0 Å². The van der Waals surface area contributed by atoms with Gasteiger partial charge in [-0.3, -0.25) is 4.79 Å². The number of rotatable bonds is 5. The Labute approximate surface area is 97.9 Å². The molecule has 1 aromatic rings. The third-order valence-corrected chi connectivity index (χ3v) is 3.18. The van der Waals surface area contributed by atoms with Gasteiger partial charge in [0.2, 0.25) is 5.91 Å². The lowest BCUT2D eigenvalue weighted by Crippen LogP contribution is -2.24. The largest absolute Gasteiger partial charge is 0.369 e. The van der Waals surface area contributed by atoms with Crippen LogP contribution in [0.5, 0.6) is 0 Å². The third-order valence-electron chi connectivity index (χ3n) is 3.18. The van der Waals surface area contributed by atoms with E-state index in [9.17, 15) is 4.79 Å². The van der Waals surface area contributed by atoms with Gasteiger partial charge in [0.05, 0.1) is 0 Å². The summed E-state index contributed by atoms with van der Waals surface area (Å²) in [5.74, 6) is 0.204. The SMILES string of the molecule is CCC(CC(C)c1ccc(C)cc1)C(N)=O. The average Bonchev–Trinajstić information content (AvgIpc) is 2.26. The van der Waals surface area contributed by atoms with Crippen molar-refractivity contribution >= 4 is 5.91 Å². The van der Waals surface area contributed by atoms with Gasteiger partial charge in [-0.15, -0.1) is 0 Å². The Hall–Kier alpha value is -1.31. The molecule has 0 aromatic heterocycles. The zero-order valence-corrected chi connectivity index (χ0v) is 10.4. The minimum atomic E-state index is -0.179. The summed E-state index contributed by atoms with van der Waals surface area (Å²) in [4.78, 5) is 11.2. The first-order chi connectivity index (χ1) is 7.54. The molecule has 88 valence electrons. The number of hydrogen-bond donors (Lipinski definition) is 1. The molecule has 2 atom stereocenters. The molecule has 0 aliphatic rings. The van der Waals surface area contributed by atoms with Crippen molar-refractivity contribution in [3.05, 3.63) is 35.4 Å². The number of nitrogens with two attached hydrogens (primary N) is 1. The molecule has 2 unspecified atom stereocenters. The van der Waals surface area contributed by atoms with Crippen LogP contribution in [0.1, 0.15) is 43.7 Å². The normalized spacial score (nSPS) is 14.4. The molecular formula is C14H21NO. The predicted octanol–water partition coefficient (Wildman–Crippen LogP) is 3.00. The van der Waals surface area contributed by atoms with Crippen molar-refractivity contribution in [2.24, 2.45) is 11.7 Å². The summed E-state index contributed by atoms with van der Waals surface area (Å²) in [5.41, 5.74) is 7.90. The molecular weight excluding hydrogens is 198 g/mol. The highest BCUT2D eigenvalue weighted by Crippen LogP contribution is 2.25. The van der Waals surface area contributed by atoms with Gasteiger partial charge in [-0.25, -0.2) is 0 Å². The van der Waals surface area contributed by atoms with Crippen LogP contribution in [0.4, 0.5) is 0 Å². The van der Waals surface area contributed by atoms with Crippen LogP contribution in [0.15, 0.2) is 24.3 Å². The number of aryl methyl sites for hydroxylation is 1. The lowest BCUT2D eigenvalue weighted by atomic mass is 9.88. The van der Waals surface area contributed by atoms with E-state index in [1.165, 1.54) is 11.1 Å². The molecule has 0 saturated heterocycles. The van der Waals surface area contributed by atoms with Gasteiger partial charge in [-0.05, 0) is 31.2 Å². The summed E-state index contributed by atoms with van der Waals surface area (Å²) in [6.07, 6.45) is 1.67. The zero-order valence-electron chi connectivity index (χ0n) is 10.4. The van der Waals surface area contributed by atoms with Crippen molar-refractivity contribution in [2.45, 2.75) is 39.5 Å². The zero-order chi connectivity index (χ0) is 12.1. The van der Waals surface area contributed by atoms with Crippen LogP contribution in [0.25, 0.3) is 0 Å². The fourth-order valence-electron chi connectivity index (χ4n) is 1.94. The number of amides is 1. The standard InChI is InChI=1S/C14H21NO/c1-4-12(14(15)16)9-11(3)13-7-5-10(2)6-8-13/h5-8,11-12H,4,9H2,1-3H3,(H2,15,16). The fraction of sp³-hybridized carbons (Fsp3) is 0.500. The summed E-state index contributed by atoms with van der Waals surface area (Å²) in [6, 6.07) is 8.48. The molecule has 2 N–H and O–H groups in total. The molecule has 0 saturated carbocycles. The smallest absolute Gasteiger partial charge is 0.220 e. The van der Waals surface area contributed by atoms with Gasteiger partial charge >= 0.3 is 0 Å². The second-order valence-electron chi connectivity index (χ2n) is 4.55. The van der Waals surface area contributed by atoms with Crippen molar-refractivity contribution in [1.82, 2.24) is 0 Å². The van der Waals surface area contributed by atoms with Crippen LogP contribution in [-0.2, 0) is 4.79 Å². The molecule has 1 rings (SSSR count). The predicted molar refractivity (Wildman–Crippen MR) is 67.2 cm³/mol. The number of carbonyl (C=O) groups is 1. The number of benzene rings is 1. The van der Waals surface area contributed by atoms with E-state index >= 15 is 0 Å². The van der Waals surface area contributed by atoms with Crippen LogP contribution in [0.3, 0.4) is 0 Å². The Morgan fingerprint density at radius 1 is 1.31 bits per heavy atom. The summed E-state index contributed by atoms with van der Waals surface area (Å²) >= 11 is 0. The Kier molecular flexibility index (Phi) is 4.53. The van der Waals surface area contributed by atoms with Gasteiger partial charge in [-0.2, -0.15) is 0 Å². The second-order valence-corrected chi connectivity index (χ2v) is 4.55. The van der Waals surface area contributed by atoms with E-state index in [4.69, 9.17) is 5.73 Å². The van der Waals surface area contributed by atoms with Gasteiger partial charge in [-0.1, -0.05) is 43.7 Å². The topological polar surface area (TPSA) is 43.1 Å². The van der Waals surface area contributed by atoms with Gasteiger partial charge in [0, 0.05) is 5.92 Å². The number of primary amides is 1. The van der Waals surface area contributed by atoms with Crippen molar-refractivity contribution < 1.29 is 4.79 Å². The first-order valence-electron chi connectivity index (χ1n) is 5.90.